The van der Waals surface area contributed by atoms with Crippen LogP contribution in [0.25, 0.3) is 11.0 Å². The van der Waals surface area contributed by atoms with E-state index in [1.54, 1.807) is 31.2 Å². The standard InChI is InChI=1S/C10H11BF3N2.K/c1-2-10-15-8-5-3-4-6-9(8)16(10)7-11(12,13)14;/h3-6H,2,7H2,1H3;/q-1;+1. The van der Waals surface area contributed by atoms with Crippen LogP contribution in [0.2, 0.25) is 0 Å². The average Bonchev–Trinajstić information content (AvgIpc) is 2.55. The second kappa shape index (κ2) is 5.88. The van der Waals surface area contributed by atoms with E-state index in [-0.39, 0.29) is 51.4 Å². The zero-order valence-corrected chi connectivity index (χ0v) is 13.0. The summed E-state index contributed by atoms with van der Waals surface area (Å²) in [7, 11) is 0. The van der Waals surface area contributed by atoms with Crippen molar-refractivity contribution in [3.05, 3.63) is 30.1 Å². The van der Waals surface area contributed by atoms with Crippen LogP contribution in [0.15, 0.2) is 24.3 Å². The number of halogens is 3. The first-order valence-electron chi connectivity index (χ1n) is 5.16. The van der Waals surface area contributed by atoms with Gasteiger partial charge in [0.2, 0.25) is 0 Å². The first-order chi connectivity index (χ1) is 7.51. The Hall–Kier alpha value is 0.181. The molecule has 7 heteroatoms. The first kappa shape index (κ1) is 15.2. The van der Waals surface area contributed by atoms with Gasteiger partial charge in [-0.05, 0) is 18.6 Å². The van der Waals surface area contributed by atoms with Gasteiger partial charge in [0.1, 0.15) is 5.82 Å². The van der Waals surface area contributed by atoms with Gasteiger partial charge in [0.05, 0.1) is 11.0 Å². The summed E-state index contributed by atoms with van der Waals surface area (Å²) in [6.45, 7) is -3.03. The summed E-state index contributed by atoms with van der Waals surface area (Å²) in [4.78, 5) is 4.19. The van der Waals surface area contributed by atoms with E-state index in [0.29, 0.717) is 23.3 Å². The molecule has 1 aromatic heterocycles. The Morgan fingerprint density at radius 1 is 1.24 bits per heavy atom. The van der Waals surface area contributed by atoms with Gasteiger partial charge in [-0.3, -0.25) is 0 Å². The molecule has 0 fully saturated rings. The van der Waals surface area contributed by atoms with Gasteiger partial charge in [0, 0.05) is 6.42 Å². The Bertz CT molecular complexity index is 510. The number of nitrogens with zero attached hydrogens (tertiary/aromatic N) is 2. The normalized spacial score (nSPS) is 11.5. The number of aromatic nitrogens is 2. The monoisotopic (exact) mass is 266 g/mol. The van der Waals surface area contributed by atoms with Gasteiger partial charge in [-0.2, -0.15) is 0 Å². The molecule has 0 aliphatic heterocycles. The van der Waals surface area contributed by atoms with Crippen LogP contribution < -0.4 is 51.4 Å². The fourth-order valence-electron chi connectivity index (χ4n) is 1.81. The van der Waals surface area contributed by atoms with E-state index in [2.05, 4.69) is 4.98 Å². The van der Waals surface area contributed by atoms with Gasteiger partial charge in [0.25, 0.3) is 0 Å². The van der Waals surface area contributed by atoms with Crippen LogP contribution in [-0.2, 0) is 12.9 Å². The Morgan fingerprint density at radius 2 is 1.88 bits per heavy atom. The van der Waals surface area contributed by atoms with Gasteiger partial charge in [-0.15, -0.1) is 0 Å². The summed E-state index contributed by atoms with van der Waals surface area (Å²) < 4.78 is 38.7. The number of aryl methyl sites for hydroxylation is 1. The molecule has 2 nitrogen and oxygen atoms in total. The second-order valence-corrected chi connectivity index (χ2v) is 3.69. The van der Waals surface area contributed by atoms with E-state index < -0.39 is 13.4 Å². The fourth-order valence-corrected chi connectivity index (χ4v) is 1.81. The third kappa shape index (κ3) is 3.57. The van der Waals surface area contributed by atoms with E-state index in [1.807, 2.05) is 0 Å². The molecule has 2 rings (SSSR count). The number of para-hydroxylation sites is 2. The zero-order chi connectivity index (χ0) is 11.8. The molecule has 0 spiro atoms. The van der Waals surface area contributed by atoms with Crippen molar-refractivity contribution in [2.24, 2.45) is 0 Å². The minimum atomic E-state index is -4.84. The zero-order valence-electron chi connectivity index (χ0n) is 9.83. The molecule has 0 aliphatic carbocycles. The quantitative estimate of drug-likeness (QED) is 0.714. The van der Waals surface area contributed by atoms with E-state index in [1.165, 1.54) is 4.57 Å². The minimum Gasteiger partial charge on any atom is -0.448 e. The van der Waals surface area contributed by atoms with E-state index >= 15 is 0 Å². The summed E-state index contributed by atoms with van der Waals surface area (Å²) >= 11 is 0. The molecule has 0 N–H and O–H groups in total. The van der Waals surface area contributed by atoms with Gasteiger partial charge in [-0.1, -0.05) is 19.1 Å². The summed E-state index contributed by atoms with van der Waals surface area (Å²) in [5.41, 5.74) is 1.18. The van der Waals surface area contributed by atoms with Crippen LogP contribution in [0.3, 0.4) is 0 Å². The Kier molecular flexibility index (Phi) is 5.27. The first-order valence-corrected chi connectivity index (χ1v) is 5.16. The number of imidazole rings is 1. The predicted molar refractivity (Wildman–Crippen MR) is 58.2 cm³/mol. The second-order valence-electron chi connectivity index (χ2n) is 3.69. The number of fused-ring (bicyclic) bond motifs is 1. The topological polar surface area (TPSA) is 17.8 Å². The molecule has 0 atom stereocenters. The molecule has 0 amide bonds. The van der Waals surface area contributed by atoms with Crippen molar-refractivity contribution in [3.8, 4) is 0 Å². The van der Waals surface area contributed by atoms with E-state index in [4.69, 9.17) is 0 Å². The molecule has 0 bridgehead atoms. The maximum absolute atomic E-state index is 12.5. The number of benzene rings is 1. The molecule has 0 saturated carbocycles. The number of hydrogen-bond acceptors (Lipinski definition) is 1. The SMILES string of the molecule is CCc1nc2ccccc2n1C[B-](F)(F)F.[K+]. The van der Waals surface area contributed by atoms with Crippen molar-refractivity contribution < 1.29 is 64.3 Å². The molecule has 0 saturated heterocycles. The summed E-state index contributed by atoms with van der Waals surface area (Å²) in [6, 6.07) is 6.90. The van der Waals surface area contributed by atoms with Crippen molar-refractivity contribution >= 4 is 18.0 Å². The molecule has 17 heavy (non-hydrogen) atoms. The smallest absolute Gasteiger partial charge is 0.448 e. The van der Waals surface area contributed by atoms with Gasteiger partial charge < -0.3 is 17.5 Å². The van der Waals surface area contributed by atoms with Gasteiger partial charge in [0.15, 0.2) is 0 Å². The molecule has 1 heterocycles. The largest absolute Gasteiger partial charge is 1.00 e. The van der Waals surface area contributed by atoms with Crippen LogP contribution in [-0.4, -0.2) is 16.5 Å². The van der Waals surface area contributed by atoms with Crippen molar-refractivity contribution in [1.29, 1.82) is 0 Å². The third-order valence-electron chi connectivity index (χ3n) is 2.44. The molecule has 0 aliphatic rings. The van der Waals surface area contributed by atoms with Crippen LogP contribution in [0, 0.1) is 0 Å². The summed E-state index contributed by atoms with van der Waals surface area (Å²) in [6.07, 6.45) is -0.412. The fraction of sp³-hybridized carbons (Fsp3) is 0.300. The maximum Gasteiger partial charge on any atom is 1.00 e. The van der Waals surface area contributed by atoms with Crippen LogP contribution in [0.1, 0.15) is 12.7 Å². The van der Waals surface area contributed by atoms with Gasteiger partial charge in [-0.25, -0.2) is 4.98 Å². The van der Waals surface area contributed by atoms with Crippen LogP contribution >= 0.6 is 0 Å². The Morgan fingerprint density at radius 3 is 2.47 bits per heavy atom. The predicted octanol–water partition coefficient (Wildman–Crippen LogP) is -0.0107. The molecule has 0 unspecified atom stereocenters. The van der Waals surface area contributed by atoms with Gasteiger partial charge >= 0.3 is 58.4 Å². The molecule has 2 aromatic rings. The summed E-state index contributed by atoms with van der Waals surface area (Å²) in [5, 5.41) is 0. The van der Waals surface area contributed by atoms with Crippen molar-refractivity contribution in [1.82, 2.24) is 9.55 Å². The molecule has 0 radical (unpaired) electrons. The van der Waals surface area contributed by atoms with Crippen molar-refractivity contribution in [2.75, 3.05) is 0 Å². The van der Waals surface area contributed by atoms with Crippen molar-refractivity contribution in [2.45, 2.75) is 19.8 Å². The number of hydrogen-bond donors (Lipinski definition) is 0. The molecule has 86 valence electrons. The Balaban J connectivity index is 0.00000144. The van der Waals surface area contributed by atoms with E-state index in [9.17, 15) is 12.9 Å². The van der Waals surface area contributed by atoms with Crippen molar-refractivity contribution in [3.63, 3.8) is 0 Å². The number of rotatable bonds is 3. The maximum atomic E-state index is 12.5. The molecular weight excluding hydrogens is 255 g/mol. The minimum absolute atomic E-state index is 0. The average molecular weight is 266 g/mol. The molecular formula is C10H11BF3KN2. The van der Waals surface area contributed by atoms with Crippen LogP contribution in [0.4, 0.5) is 12.9 Å². The summed E-state index contributed by atoms with van der Waals surface area (Å²) in [5.74, 6) is 0.486. The molecule has 1 aromatic carbocycles. The Labute approximate surface area is 140 Å². The third-order valence-corrected chi connectivity index (χ3v) is 2.44. The van der Waals surface area contributed by atoms with Crippen LogP contribution in [0.5, 0.6) is 0 Å². The van der Waals surface area contributed by atoms with E-state index in [0.717, 1.165) is 0 Å².